The van der Waals surface area contributed by atoms with Crippen LogP contribution in [-0.2, 0) is 11.3 Å². The van der Waals surface area contributed by atoms with Gasteiger partial charge in [0.05, 0.1) is 19.5 Å². The number of aromatic nitrogens is 3. The van der Waals surface area contributed by atoms with E-state index in [9.17, 15) is 4.79 Å². The zero-order chi connectivity index (χ0) is 20.8. The minimum atomic E-state index is -0.348. The number of hydrogen-bond acceptors (Lipinski definition) is 6. The topological polar surface area (TPSA) is 78.3 Å². The smallest absolute Gasteiger partial charge is 0.237 e. The SMILES string of the molecule is CCn1c(SC(C)C(=O)Nc2cccc(OC)c2)nnc1-c1ccc(OC)cc1. The number of ether oxygens (including phenoxy) is 2. The van der Waals surface area contributed by atoms with Gasteiger partial charge in [0.2, 0.25) is 5.91 Å². The normalized spacial score (nSPS) is 11.7. The van der Waals surface area contributed by atoms with E-state index < -0.39 is 0 Å². The van der Waals surface area contributed by atoms with Crippen molar-refractivity contribution < 1.29 is 14.3 Å². The van der Waals surface area contributed by atoms with Crippen LogP contribution in [0.25, 0.3) is 11.4 Å². The van der Waals surface area contributed by atoms with E-state index in [0.29, 0.717) is 23.1 Å². The fourth-order valence-electron chi connectivity index (χ4n) is 2.77. The van der Waals surface area contributed by atoms with E-state index in [1.807, 2.05) is 60.9 Å². The van der Waals surface area contributed by atoms with Crippen LogP contribution in [-0.4, -0.2) is 40.1 Å². The molecule has 7 nitrogen and oxygen atoms in total. The van der Waals surface area contributed by atoms with Crippen molar-refractivity contribution in [3.8, 4) is 22.9 Å². The molecule has 1 heterocycles. The van der Waals surface area contributed by atoms with E-state index in [1.165, 1.54) is 11.8 Å². The number of amides is 1. The van der Waals surface area contributed by atoms with Crippen molar-refractivity contribution >= 4 is 23.4 Å². The summed E-state index contributed by atoms with van der Waals surface area (Å²) in [5.41, 5.74) is 1.64. The van der Waals surface area contributed by atoms with Gasteiger partial charge in [0.1, 0.15) is 11.5 Å². The number of thioether (sulfide) groups is 1. The second-order valence-electron chi connectivity index (χ2n) is 6.26. The Hall–Kier alpha value is -3.00. The van der Waals surface area contributed by atoms with E-state index in [0.717, 1.165) is 17.1 Å². The van der Waals surface area contributed by atoms with Crippen LogP contribution in [0.3, 0.4) is 0 Å². The maximum absolute atomic E-state index is 12.6. The number of hydrogen-bond donors (Lipinski definition) is 1. The predicted octanol–water partition coefficient (Wildman–Crippen LogP) is 4.10. The Kier molecular flexibility index (Phi) is 6.77. The summed E-state index contributed by atoms with van der Waals surface area (Å²) in [6.45, 7) is 4.57. The fourth-order valence-corrected chi connectivity index (χ4v) is 3.68. The van der Waals surface area contributed by atoms with Crippen molar-refractivity contribution in [2.45, 2.75) is 30.8 Å². The van der Waals surface area contributed by atoms with E-state index in [2.05, 4.69) is 15.5 Å². The van der Waals surface area contributed by atoms with Gasteiger partial charge in [0.15, 0.2) is 11.0 Å². The largest absolute Gasteiger partial charge is 0.497 e. The molecule has 152 valence electrons. The van der Waals surface area contributed by atoms with E-state index >= 15 is 0 Å². The summed E-state index contributed by atoms with van der Waals surface area (Å²) in [5.74, 6) is 2.13. The van der Waals surface area contributed by atoms with Gasteiger partial charge in [-0.1, -0.05) is 17.8 Å². The molecule has 0 bridgehead atoms. The molecule has 0 saturated carbocycles. The molecule has 0 aliphatic heterocycles. The molecule has 0 aliphatic carbocycles. The van der Waals surface area contributed by atoms with Gasteiger partial charge < -0.3 is 19.4 Å². The van der Waals surface area contributed by atoms with Crippen LogP contribution >= 0.6 is 11.8 Å². The molecule has 0 aliphatic rings. The summed E-state index contributed by atoms with van der Waals surface area (Å²) >= 11 is 1.38. The summed E-state index contributed by atoms with van der Waals surface area (Å²) in [6.07, 6.45) is 0. The summed E-state index contributed by atoms with van der Waals surface area (Å²) in [4.78, 5) is 12.6. The molecule has 1 aromatic heterocycles. The number of benzene rings is 2. The van der Waals surface area contributed by atoms with Crippen molar-refractivity contribution in [1.82, 2.24) is 14.8 Å². The number of rotatable bonds is 8. The van der Waals surface area contributed by atoms with Crippen LogP contribution in [0.1, 0.15) is 13.8 Å². The highest BCUT2D eigenvalue weighted by atomic mass is 32.2. The average Bonchev–Trinajstić information content (AvgIpc) is 3.16. The third-order valence-electron chi connectivity index (χ3n) is 4.37. The number of anilines is 1. The van der Waals surface area contributed by atoms with Crippen LogP contribution in [0, 0.1) is 0 Å². The zero-order valence-corrected chi connectivity index (χ0v) is 17.7. The Bertz CT molecular complexity index is 972. The highest BCUT2D eigenvalue weighted by molar-refractivity contribution is 8.00. The lowest BCUT2D eigenvalue weighted by atomic mass is 10.2. The van der Waals surface area contributed by atoms with Gasteiger partial charge in [-0.15, -0.1) is 10.2 Å². The highest BCUT2D eigenvalue weighted by Crippen LogP contribution is 2.28. The molecule has 0 spiro atoms. The molecule has 29 heavy (non-hydrogen) atoms. The quantitative estimate of drug-likeness (QED) is 0.561. The van der Waals surface area contributed by atoms with Crippen LogP contribution in [0.5, 0.6) is 11.5 Å². The summed E-state index contributed by atoms with van der Waals surface area (Å²) in [6, 6.07) is 15.0. The third kappa shape index (κ3) is 4.89. The van der Waals surface area contributed by atoms with Gasteiger partial charge in [0, 0.05) is 23.9 Å². The number of nitrogens with one attached hydrogen (secondary N) is 1. The molecule has 1 unspecified atom stereocenters. The molecule has 0 saturated heterocycles. The Morgan fingerprint density at radius 3 is 2.48 bits per heavy atom. The standard InChI is InChI=1S/C21H24N4O3S/c1-5-25-19(15-9-11-17(27-3)12-10-15)23-24-21(25)29-14(2)20(26)22-16-7-6-8-18(13-16)28-4/h6-14H,5H2,1-4H3,(H,22,26). The maximum Gasteiger partial charge on any atom is 0.237 e. The zero-order valence-electron chi connectivity index (χ0n) is 16.9. The minimum absolute atomic E-state index is 0.111. The van der Waals surface area contributed by atoms with Crippen LogP contribution in [0.2, 0.25) is 0 Å². The lowest BCUT2D eigenvalue weighted by Gasteiger charge is -2.13. The molecule has 3 aromatic rings. The van der Waals surface area contributed by atoms with Gasteiger partial charge in [-0.3, -0.25) is 4.79 Å². The molecular formula is C21H24N4O3S. The summed E-state index contributed by atoms with van der Waals surface area (Å²) in [5, 5.41) is 11.9. The van der Waals surface area contributed by atoms with Gasteiger partial charge in [-0.2, -0.15) is 0 Å². The maximum atomic E-state index is 12.6. The first-order chi connectivity index (χ1) is 14.0. The van der Waals surface area contributed by atoms with Crippen molar-refractivity contribution in [1.29, 1.82) is 0 Å². The second kappa shape index (κ2) is 9.47. The Morgan fingerprint density at radius 1 is 1.10 bits per heavy atom. The molecule has 0 radical (unpaired) electrons. The van der Waals surface area contributed by atoms with Crippen LogP contribution < -0.4 is 14.8 Å². The van der Waals surface area contributed by atoms with Gasteiger partial charge in [-0.05, 0) is 50.2 Å². The summed E-state index contributed by atoms with van der Waals surface area (Å²) in [7, 11) is 3.23. The minimum Gasteiger partial charge on any atom is -0.497 e. The van der Waals surface area contributed by atoms with Crippen molar-refractivity contribution in [3.63, 3.8) is 0 Å². The molecule has 1 atom stereocenters. The van der Waals surface area contributed by atoms with Crippen molar-refractivity contribution in [2.75, 3.05) is 19.5 Å². The number of carbonyl (C=O) groups is 1. The lowest BCUT2D eigenvalue weighted by molar-refractivity contribution is -0.115. The first-order valence-electron chi connectivity index (χ1n) is 9.25. The molecule has 8 heteroatoms. The monoisotopic (exact) mass is 412 g/mol. The molecule has 1 N–H and O–H groups in total. The Balaban J connectivity index is 1.73. The van der Waals surface area contributed by atoms with Gasteiger partial charge >= 0.3 is 0 Å². The summed E-state index contributed by atoms with van der Waals surface area (Å²) < 4.78 is 12.4. The van der Waals surface area contributed by atoms with Gasteiger partial charge in [0.25, 0.3) is 0 Å². The number of methoxy groups -OCH3 is 2. The number of carbonyl (C=O) groups excluding carboxylic acids is 1. The van der Waals surface area contributed by atoms with E-state index in [4.69, 9.17) is 9.47 Å². The Morgan fingerprint density at radius 2 is 1.83 bits per heavy atom. The second-order valence-corrected chi connectivity index (χ2v) is 7.57. The van der Waals surface area contributed by atoms with Crippen molar-refractivity contribution in [3.05, 3.63) is 48.5 Å². The molecular weight excluding hydrogens is 388 g/mol. The fraction of sp³-hybridized carbons (Fsp3) is 0.286. The number of nitrogens with zero attached hydrogens (tertiary/aromatic N) is 3. The average molecular weight is 413 g/mol. The van der Waals surface area contributed by atoms with E-state index in [1.54, 1.807) is 20.3 Å². The van der Waals surface area contributed by atoms with Crippen molar-refractivity contribution in [2.24, 2.45) is 0 Å². The van der Waals surface area contributed by atoms with E-state index in [-0.39, 0.29) is 11.2 Å². The first kappa shape index (κ1) is 20.7. The Labute approximate surface area is 174 Å². The molecule has 0 fully saturated rings. The molecule has 3 rings (SSSR count). The predicted molar refractivity (Wildman–Crippen MR) is 115 cm³/mol. The van der Waals surface area contributed by atoms with Crippen LogP contribution in [0.4, 0.5) is 5.69 Å². The first-order valence-corrected chi connectivity index (χ1v) is 10.1. The molecule has 1 amide bonds. The lowest BCUT2D eigenvalue weighted by Crippen LogP contribution is -2.23. The van der Waals surface area contributed by atoms with Crippen LogP contribution in [0.15, 0.2) is 53.7 Å². The third-order valence-corrected chi connectivity index (χ3v) is 5.45. The van der Waals surface area contributed by atoms with Gasteiger partial charge in [-0.25, -0.2) is 0 Å². The molecule has 2 aromatic carbocycles. The highest BCUT2D eigenvalue weighted by Gasteiger charge is 2.20.